The number of hydrogen-bond acceptors (Lipinski definition) is 5. The van der Waals surface area contributed by atoms with Crippen LogP contribution in [0.25, 0.3) is 22.8 Å². The molecule has 0 aliphatic rings. The second kappa shape index (κ2) is 5.57. The topological polar surface area (TPSA) is 48.2 Å². The molecule has 0 amide bonds. The molecule has 0 spiro atoms. The summed E-state index contributed by atoms with van der Waals surface area (Å²) in [5.74, 6) is -0.642. The molecule has 1 aromatic carbocycles. The van der Waals surface area contributed by atoms with Gasteiger partial charge in [-0.3, -0.25) is 0 Å². The number of hydrogen-bond donors (Lipinski definition) is 0. The van der Waals surface area contributed by atoms with Crippen LogP contribution in [0.15, 0.2) is 39.5 Å². The molecular weight excluding hydrogens is 305 g/mol. The fourth-order valence-corrected chi connectivity index (χ4v) is 2.32. The van der Waals surface area contributed by atoms with Gasteiger partial charge in [0.25, 0.3) is 5.89 Å². The lowest BCUT2D eigenvalue weighted by atomic mass is 10.2. The quantitative estimate of drug-likeness (QED) is 0.724. The van der Waals surface area contributed by atoms with Crippen LogP contribution in [0, 0.1) is 5.82 Å². The minimum atomic E-state index is -2.99. The molecule has 0 saturated carbocycles. The lowest BCUT2D eigenvalue weighted by molar-refractivity contribution is -0.0498. The summed E-state index contributed by atoms with van der Waals surface area (Å²) in [6, 6.07) is 4.98. The van der Waals surface area contributed by atoms with Crippen LogP contribution in [0.1, 0.15) is 0 Å². The summed E-state index contributed by atoms with van der Waals surface area (Å²) in [6.45, 7) is -2.99. The SMILES string of the molecule is Fc1ccc(OC(F)F)cc1-c1noc(-c2ccsc2)n1. The van der Waals surface area contributed by atoms with Gasteiger partial charge < -0.3 is 9.26 Å². The molecule has 2 aromatic heterocycles. The van der Waals surface area contributed by atoms with Gasteiger partial charge in [-0.05, 0) is 29.6 Å². The summed E-state index contributed by atoms with van der Waals surface area (Å²) in [5, 5.41) is 7.28. The van der Waals surface area contributed by atoms with Gasteiger partial charge in [0.2, 0.25) is 5.82 Å². The Labute approximate surface area is 120 Å². The molecule has 0 N–H and O–H groups in total. The highest BCUT2D eigenvalue weighted by Gasteiger charge is 2.16. The zero-order valence-electron chi connectivity index (χ0n) is 10.3. The number of ether oxygens (including phenoxy) is 1. The van der Waals surface area contributed by atoms with E-state index in [1.807, 2.05) is 5.38 Å². The van der Waals surface area contributed by atoms with E-state index in [4.69, 9.17) is 4.52 Å². The third-order valence-electron chi connectivity index (χ3n) is 2.60. The van der Waals surface area contributed by atoms with Crippen LogP contribution >= 0.6 is 11.3 Å². The van der Waals surface area contributed by atoms with E-state index in [1.54, 1.807) is 11.4 Å². The van der Waals surface area contributed by atoms with Crippen molar-refractivity contribution in [2.75, 3.05) is 0 Å². The molecule has 2 heterocycles. The number of aromatic nitrogens is 2. The molecule has 0 bridgehead atoms. The molecule has 21 heavy (non-hydrogen) atoms. The second-order valence-electron chi connectivity index (χ2n) is 3.96. The Morgan fingerprint density at radius 2 is 2.10 bits per heavy atom. The van der Waals surface area contributed by atoms with E-state index >= 15 is 0 Å². The van der Waals surface area contributed by atoms with E-state index in [0.717, 1.165) is 18.2 Å². The predicted octanol–water partition coefficient (Wildman–Crippen LogP) is 4.21. The van der Waals surface area contributed by atoms with Gasteiger partial charge in [0.15, 0.2) is 0 Å². The van der Waals surface area contributed by atoms with E-state index in [-0.39, 0.29) is 23.0 Å². The van der Waals surface area contributed by atoms with Crippen LogP contribution in [0.3, 0.4) is 0 Å². The Balaban J connectivity index is 1.96. The van der Waals surface area contributed by atoms with Gasteiger partial charge >= 0.3 is 6.61 Å². The highest BCUT2D eigenvalue weighted by atomic mass is 32.1. The number of thiophene rings is 1. The van der Waals surface area contributed by atoms with E-state index < -0.39 is 12.4 Å². The highest BCUT2D eigenvalue weighted by Crippen LogP contribution is 2.28. The number of benzene rings is 1. The molecular formula is C13H7F3N2O2S. The average molecular weight is 312 g/mol. The predicted molar refractivity (Wildman–Crippen MR) is 69.6 cm³/mol. The zero-order valence-corrected chi connectivity index (χ0v) is 11.1. The highest BCUT2D eigenvalue weighted by molar-refractivity contribution is 7.08. The standard InChI is InChI=1S/C13H7F3N2O2S/c14-10-2-1-8(19-13(15)16)5-9(10)11-17-12(20-18-11)7-3-4-21-6-7/h1-6,13H. The van der Waals surface area contributed by atoms with Crippen molar-refractivity contribution in [3.05, 3.63) is 40.8 Å². The molecule has 108 valence electrons. The first-order valence-corrected chi connectivity index (χ1v) is 6.69. The maximum absolute atomic E-state index is 13.8. The summed E-state index contributed by atoms with van der Waals surface area (Å²) < 4.78 is 47.4. The van der Waals surface area contributed by atoms with Gasteiger partial charge in [-0.25, -0.2) is 4.39 Å². The first-order chi connectivity index (χ1) is 10.1. The van der Waals surface area contributed by atoms with Crippen LogP contribution in [0.5, 0.6) is 5.75 Å². The van der Waals surface area contributed by atoms with Crippen LogP contribution in [-0.4, -0.2) is 16.8 Å². The van der Waals surface area contributed by atoms with Crippen LogP contribution in [0.2, 0.25) is 0 Å². The number of nitrogens with zero attached hydrogens (tertiary/aromatic N) is 2. The summed E-state index contributed by atoms with van der Waals surface area (Å²) in [6.07, 6.45) is 0. The molecule has 0 aliphatic carbocycles. The molecule has 0 saturated heterocycles. The number of alkyl halides is 2. The van der Waals surface area contributed by atoms with Gasteiger partial charge in [-0.15, -0.1) is 0 Å². The van der Waals surface area contributed by atoms with E-state index in [1.165, 1.54) is 11.3 Å². The van der Waals surface area contributed by atoms with E-state index in [2.05, 4.69) is 14.9 Å². The monoisotopic (exact) mass is 312 g/mol. The lowest BCUT2D eigenvalue weighted by Crippen LogP contribution is -2.02. The van der Waals surface area contributed by atoms with E-state index in [0.29, 0.717) is 5.56 Å². The van der Waals surface area contributed by atoms with Crippen molar-refractivity contribution in [3.63, 3.8) is 0 Å². The molecule has 4 nitrogen and oxygen atoms in total. The van der Waals surface area contributed by atoms with Crippen LogP contribution < -0.4 is 4.74 Å². The van der Waals surface area contributed by atoms with Crippen LogP contribution in [0.4, 0.5) is 13.2 Å². The van der Waals surface area contributed by atoms with Gasteiger partial charge in [0.05, 0.1) is 11.1 Å². The molecule has 0 unspecified atom stereocenters. The van der Waals surface area contributed by atoms with Crippen molar-refractivity contribution in [2.24, 2.45) is 0 Å². The molecule has 0 fully saturated rings. The van der Waals surface area contributed by atoms with E-state index in [9.17, 15) is 13.2 Å². The molecule has 0 aliphatic heterocycles. The Kier molecular flexibility index (Phi) is 3.61. The largest absolute Gasteiger partial charge is 0.435 e. The minimum Gasteiger partial charge on any atom is -0.435 e. The van der Waals surface area contributed by atoms with Crippen molar-refractivity contribution in [3.8, 4) is 28.6 Å². The Bertz CT molecular complexity index is 744. The second-order valence-corrected chi connectivity index (χ2v) is 4.74. The van der Waals surface area contributed by atoms with Gasteiger partial charge in [0.1, 0.15) is 11.6 Å². The average Bonchev–Trinajstić information content (AvgIpc) is 3.09. The fourth-order valence-electron chi connectivity index (χ4n) is 1.69. The molecule has 0 radical (unpaired) electrons. The van der Waals surface area contributed by atoms with Gasteiger partial charge in [0, 0.05) is 5.38 Å². The Morgan fingerprint density at radius 1 is 1.24 bits per heavy atom. The van der Waals surface area contributed by atoms with Crippen molar-refractivity contribution >= 4 is 11.3 Å². The van der Waals surface area contributed by atoms with Crippen molar-refractivity contribution in [1.29, 1.82) is 0 Å². The van der Waals surface area contributed by atoms with Crippen LogP contribution in [-0.2, 0) is 0 Å². The molecule has 8 heteroatoms. The summed E-state index contributed by atoms with van der Waals surface area (Å²) in [7, 11) is 0. The number of rotatable bonds is 4. The zero-order chi connectivity index (χ0) is 14.8. The molecule has 3 aromatic rings. The van der Waals surface area contributed by atoms with Gasteiger partial charge in [-0.1, -0.05) is 5.16 Å². The summed E-state index contributed by atoms with van der Waals surface area (Å²) >= 11 is 1.45. The summed E-state index contributed by atoms with van der Waals surface area (Å²) in [4.78, 5) is 4.05. The number of halogens is 3. The maximum atomic E-state index is 13.8. The fraction of sp³-hybridized carbons (Fsp3) is 0.0769. The normalized spacial score (nSPS) is 11.0. The minimum absolute atomic E-state index is 0.0339. The Morgan fingerprint density at radius 3 is 2.81 bits per heavy atom. The Hall–Kier alpha value is -2.35. The first-order valence-electron chi connectivity index (χ1n) is 5.74. The lowest BCUT2D eigenvalue weighted by Gasteiger charge is -2.05. The van der Waals surface area contributed by atoms with Crippen molar-refractivity contribution in [2.45, 2.75) is 6.61 Å². The van der Waals surface area contributed by atoms with Gasteiger partial charge in [-0.2, -0.15) is 25.1 Å². The maximum Gasteiger partial charge on any atom is 0.387 e. The summed E-state index contributed by atoms with van der Waals surface area (Å²) in [5.41, 5.74) is 0.637. The third kappa shape index (κ3) is 2.89. The molecule has 0 atom stereocenters. The first kappa shape index (κ1) is 13.6. The smallest absolute Gasteiger partial charge is 0.387 e. The molecule has 3 rings (SSSR count). The van der Waals surface area contributed by atoms with Crippen molar-refractivity contribution in [1.82, 2.24) is 10.1 Å². The van der Waals surface area contributed by atoms with Crippen molar-refractivity contribution < 1.29 is 22.4 Å². The third-order valence-corrected chi connectivity index (χ3v) is 3.28.